The molecule has 0 fully saturated rings. The molecule has 10 heteroatoms. The number of aromatic nitrogens is 2. The average molecular weight is 534 g/mol. The SMILES string of the molecule is Cc1noc(C)c1NC(=O)N(C)C[C@H]1Oc2ncc(C=Cc3ccccc3)cc2C(=O)N([C@@H](C)CO)C[C@@H]1C. The number of ether oxygens (including phenoxy) is 1. The summed E-state index contributed by atoms with van der Waals surface area (Å²) in [5, 5.41) is 16.6. The van der Waals surface area contributed by atoms with E-state index in [0.717, 1.165) is 11.1 Å². The summed E-state index contributed by atoms with van der Waals surface area (Å²) in [5.74, 6) is 0.295. The quantitative estimate of drug-likeness (QED) is 0.466. The van der Waals surface area contributed by atoms with E-state index in [4.69, 9.17) is 9.26 Å². The summed E-state index contributed by atoms with van der Waals surface area (Å²) in [6.07, 6.45) is 5.02. The van der Waals surface area contributed by atoms with Crippen LogP contribution in [0.15, 0.2) is 47.1 Å². The minimum Gasteiger partial charge on any atom is -0.472 e. The van der Waals surface area contributed by atoms with E-state index in [0.29, 0.717) is 29.2 Å². The number of rotatable bonds is 7. The minimum atomic E-state index is -0.469. The number of carbonyl (C=O) groups is 2. The Labute approximate surface area is 228 Å². The van der Waals surface area contributed by atoms with Crippen LogP contribution in [-0.4, -0.2) is 75.9 Å². The second-order valence-electron chi connectivity index (χ2n) is 10.00. The highest BCUT2D eigenvalue weighted by Crippen LogP contribution is 2.28. The Morgan fingerprint density at radius 3 is 2.64 bits per heavy atom. The summed E-state index contributed by atoms with van der Waals surface area (Å²) in [5.41, 5.74) is 3.20. The predicted octanol–water partition coefficient (Wildman–Crippen LogP) is 4.24. The van der Waals surface area contributed by atoms with Crippen LogP contribution in [0.5, 0.6) is 5.88 Å². The fourth-order valence-corrected chi connectivity index (χ4v) is 4.40. The molecule has 0 radical (unpaired) electrons. The van der Waals surface area contributed by atoms with Crippen LogP contribution in [0.2, 0.25) is 0 Å². The van der Waals surface area contributed by atoms with E-state index >= 15 is 0 Å². The number of amides is 3. The van der Waals surface area contributed by atoms with Crippen LogP contribution in [-0.2, 0) is 0 Å². The zero-order chi connectivity index (χ0) is 28.1. The highest BCUT2D eigenvalue weighted by molar-refractivity contribution is 5.97. The normalized spacial score (nSPS) is 18.2. The molecule has 0 saturated heterocycles. The maximum absolute atomic E-state index is 13.6. The van der Waals surface area contributed by atoms with Gasteiger partial charge in [0.2, 0.25) is 5.88 Å². The zero-order valence-corrected chi connectivity index (χ0v) is 22.9. The topological polar surface area (TPSA) is 121 Å². The van der Waals surface area contributed by atoms with Crippen molar-refractivity contribution in [2.75, 3.05) is 32.1 Å². The summed E-state index contributed by atoms with van der Waals surface area (Å²) >= 11 is 0. The molecule has 1 aromatic carbocycles. The van der Waals surface area contributed by atoms with Crippen LogP contribution in [0, 0.1) is 19.8 Å². The first-order valence-electron chi connectivity index (χ1n) is 12.9. The zero-order valence-electron chi connectivity index (χ0n) is 22.9. The van der Waals surface area contributed by atoms with Gasteiger partial charge in [0, 0.05) is 25.7 Å². The number of aliphatic hydroxyl groups excluding tert-OH is 1. The van der Waals surface area contributed by atoms with Gasteiger partial charge in [-0.1, -0.05) is 54.6 Å². The van der Waals surface area contributed by atoms with Crippen LogP contribution in [0.4, 0.5) is 10.5 Å². The molecule has 0 saturated carbocycles. The van der Waals surface area contributed by atoms with E-state index in [1.165, 1.54) is 4.90 Å². The first-order chi connectivity index (χ1) is 18.7. The number of urea groups is 1. The molecule has 39 heavy (non-hydrogen) atoms. The van der Waals surface area contributed by atoms with Crippen molar-refractivity contribution in [2.45, 2.75) is 39.8 Å². The molecule has 1 aliphatic rings. The van der Waals surface area contributed by atoms with Crippen molar-refractivity contribution < 1.29 is 24.0 Å². The van der Waals surface area contributed by atoms with Crippen molar-refractivity contribution >= 4 is 29.8 Å². The number of likely N-dealkylation sites (N-methyl/N-ethyl adjacent to an activating group) is 1. The van der Waals surface area contributed by atoms with Crippen molar-refractivity contribution in [3.05, 3.63) is 70.7 Å². The third-order valence-electron chi connectivity index (χ3n) is 6.88. The smallest absolute Gasteiger partial charge is 0.321 e. The molecule has 3 heterocycles. The fraction of sp³-hybridized carbons (Fsp3) is 0.379. The Kier molecular flexibility index (Phi) is 8.65. The summed E-state index contributed by atoms with van der Waals surface area (Å²) in [6.45, 7) is 7.65. The third-order valence-corrected chi connectivity index (χ3v) is 6.88. The second-order valence-corrected chi connectivity index (χ2v) is 10.00. The molecule has 0 unspecified atom stereocenters. The number of carbonyl (C=O) groups excluding carboxylic acids is 2. The lowest BCUT2D eigenvalue weighted by molar-refractivity contribution is 0.0356. The number of benzene rings is 1. The molecule has 1 aliphatic heterocycles. The Morgan fingerprint density at radius 2 is 1.97 bits per heavy atom. The molecule has 2 aromatic heterocycles. The van der Waals surface area contributed by atoms with E-state index in [9.17, 15) is 14.7 Å². The van der Waals surface area contributed by atoms with Crippen molar-refractivity contribution in [1.82, 2.24) is 19.9 Å². The lowest BCUT2D eigenvalue weighted by atomic mass is 10.00. The highest BCUT2D eigenvalue weighted by Gasteiger charge is 2.34. The molecule has 2 N–H and O–H groups in total. The number of fused-ring (bicyclic) bond motifs is 1. The molecule has 0 aliphatic carbocycles. The molecule has 206 valence electrons. The van der Waals surface area contributed by atoms with Gasteiger partial charge in [-0.05, 0) is 38.0 Å². The molecule has 4 rings (SSSR count). The van der Waals surface area contributed by atoms with Crippen molar-refractivity contribution in [2.24, 2.45) is 5.92 Å². The molecule has 3 atom stereocenters. The fourth-order valence-electron chi connectivity index (χ4n) is 4.40. The van der Waals surface area contributed by atoms with E-state index in [-0.39, 0.29) is 36.9 Å². The second kappa shape index (κ2) is 12.1. The third kappa shape index (κ3) is 6.46. The lowest BCUT2D eigenvalue weighted by Crippen LogP contribution is -2.50. The number of nitrogens with zero attached hydrogens (tertiary/aromatic N) is 4. The first kappa shape index (κ1) is 27.8. The summed E-state index contributed by atoms with van der Waals surface area (Å²) in [4.78, 5) is 34.3. The lowest BCUT2D eigenvalue weighted by Gasteiger charge is -2.37. The van der Waals surface area contributed by atoms with E-state index in [2.05, 4.69) is 15.5 Å². The van der Waals surface area contributed by atoms with Gasteiger partial charge >= 0.3 is 6.03 Å². The molecular weight excluding hydrogens is 498 g/mol. The van der Waals surface area contributed by atoms with E-state index in [1.807, 2.05) is 49.4 Å². The van der Waals surface area contributed by atoms with Gasteiger partial charge in [0.05, 0.1) is 19.2 Å². The molecule has 3 amide bonds. The van der Waals surface area contributed by atoms with Gasteiger partial charge in [0.25, 0.3) is 5.91 Å². The minimum absolute atomic E-state index is 0.162. The predicted molar refractivity (Wildman–Crippen MR) is 148 cm³/mol. The maximum Gasteiger partial charge on any atom is 0.321 e. The number of aryl methyl sites for hydroxylation is 2. The van der Waals surface area contributed by atoms with E-state index < -0.39 is 12.1 Å². The summed E-state index contributed by atoms with van der Waals surface area (Å²) in [6, 6.07) is 10.8. The summed E-state index contributed by atoms with van der Waals surface area (Å²) < 4.78 is 11.4. The number of nitrogens with one attached hydrogen (secondary N) is 1. The Morgan fingerprint density at radius 1 is 1.26 bits per heavy atom. The molecular formula is C29H35N5O5. The monoisotopic (exact) mass is 533 g/mol. The first-order valence-corrected chi connectivity index (χ1v) is 12.9. The van der Waals surface area contributed by atoms with Crippen molar-refractivity contribution in [1.29, 1.82) is 0 Å². The van der Waals surface area contributed by atoms with E-state index in [1.54, 1.807) is 45.0 Å². The highest BCUT2D eigenvalue weighted by atomic mass is 16.5. The average Bonchev–Trinajstić information content (AvgIpc) is 3.25. The number of hydrogen-bond acceptors (Lipinski definition) is 7. The number of pyridine rings is 1. The van der Waals surface area contributed by atoms with Crippen LogP contribution < -0.4 is 10.1 Å². The Hall–Kier alpha value is -4.18. The van der Waals surface area contributed by atoms with Gasteiger partial charge in [-0.15, -0.1) is 0 Å². The van der Waals surface area contributed by atoms with Gasteiger partial charge in [0.1, 0.15) is 23.0 Å². The van der Waals surface area contributed by atoms with Gasteiger partial charge in [-0.2, -0.15) is 0 Å². The van der Waals surface area contributed by atoms with Crippen LogP contribution in [0.3, 0.4) is 0 Å². The van der Waals surface area contributed by atoms with Crippen molar-refractivity contribution in [3.8, 4) is 5.88 Å². The Bertz CT molecular complexity index is 1320. The molecule has 3 aromatic rings. The van der Waals surface area contributed by atoms with Crippen LogP contribution in [0.1, 0.15) is 46.8 Å². The largest absolute Gasteiger partial charge is 0.472 e. The Balaban J connectivity index is 1.60. The molecule has 10 nitrogen and oxygen atoms in total. The van der Waals surface area contributed by atoms with Crippen LogP contribution >= 0.6 is 0 Å². The van der Waals surface area contributed by atoms with Gasteiger partial charge in [-0.25, -0.2) is 9.78 Å². The summed E-state index contributed by atoms with van der Waals surface area (Å²) in [7, 11) is 1.67. The number of anilines is 1. The molecule has 0 bridgehead atoms. The number of hydrogen-bond donors (Lipinski definition) is 2. The standard InChI is InChI=1S/C29H35N5O5/c1-18-15-34(19(2)17-35)28(36)24-13-23(12-11-22-9-7-6-8-10-22)14-30-27(24)38-25(18)16-33(5)29(37)31-26-20(3)32-39-21(26)4/h6-14,18-19,25,35H,15-17H2,1-5H3,(H,31,37)/t18-,19-,25+/m0/s1. The van der Waals surface area contributed by atoms with Crippen LogP contribution in [0.25, 0.3) is 12.2 Å². The van der Waals surface area contributed by atoms with Gasteiger partial charge in [0.15, 0.2) is 5.76 Å². The molecule has 0 spiro atoms. The van der Waals surface area contributed by atoms with Crippen molar-refractivity contribution in [3.63, 3.8) is 0 Å². The maximum atomic E-state index is 13.6. The van der Waals surface area contributed by atoms with Gasteiger partial charge in [-0.3, -0.25) is 4.79 Å². The van der Waals surface area contributed by atoms with Gasteiger partial charge < -0.3 is 29.5 Å². The number of aliphatic hydroxyl groups is 1.